The molecule has 0 fully saturated rings. The predicted octanol–water partition coefficient (Wildman–Crippen LogP) is 2.39. The summed E-state index contributed by atoms with van der Waals surface area (Å²) in [5.74, 6) is 0. The Kier molecular flexibility index (Phi) is 5.50. The molecule has 1 rings (SSSR count). The molecule has 1 aromatic rings. The number of benzene rings is 1. The molecule has 0 aliphatic heterocycles. The minimum absolute atomic E-state index is 0.572. The van der Waals surface area contributed by atoms with Gasteiger partial charge in [0.05, 0.1) is 0 Å². The Hall–Kier alpha value is -0.860. The monoisotopic (exact) mass is 220 g/mol. The first-order chi connectivity index (χ1) is 7.59. The minimum Gasteiger partial charge on any atom is -0.313 e. The summed E-state index contributed by atoms with van der Waals surface area (Å²) in [4.78, 5) is 0. The van der Waals surface area contributed by atoms with Crippen molar-refractivity contribution >= 4 is 0 Å². The standard InChI is InChI=1S/C14H24N2/c1-11(2)16-8-7-15-10-14-9-12(3)5-6-13(14)4/h5-6,9,11,15-16H,7-8,10H2,1-4H3. The predicted molar refractivity (Wildman–Crippen MR) is 70.8 cm³/mol. The first-order valence-corrected chi connectivity index (χ1v) is 6.10. The minimum atomic E-state index is 0.572. The van der Waals surface area contributed by atoms with Gasteiger partial charge in [-0.25, -0.2) is 0 Å². The third-order valence-electron chi connectivity index (χ3n) is 2.67. The van der Waals surface area contributed by atoms with Gasteiger partial charge in [-0.15, -0.1) is 0 Å². The molecule has 0 unspecified atom stereocenters. The Morgan fingerprint density at radius 3 is 2.56 bits per heavy atom. The lowest BCUT2D eigenvalue weighted by molar-refractivity contribution is 0.555. The third-order valence-corrected chi connectivity index (χ3v) is 2.67. The quantitative estimate of drug-likeness (QED) is 0.719. The molecular formula is C14H24N2. The van der Waals surface area contributed by atoms with Gasteiger partial charge in [-0.1, -0.05) is 37.6 Å². The average molecular weight is 220 g/mol. The zero-order valence-electron chi connectivity index (χ0n) is 10.9. The van der Waals surface area contributed by atoms with Gasteiger partial charge in [0, 0.05) is 25.7 Å². The van der Waals surface area contributed by atoms with Crippen molar-refractivity contribution in [3.8, 4) is 0 Å². The first-order valence-electron chi connectivity index (χ1n) is 6.10. The highest BCUT2D eigenvalue weighted by atomic mass is 15.0. The molecule has 2 N–H and O–H groups in total. The van der Waals surface area contributed by atoms with Crippen LogP contribution in [0.15, 0.2) is 18.2 Å². The maximum Gasteiger partial charge on any atom is 0.0208 e. The van der Waals surface area contributed by atoms with Gasteiger partial charge in [-0.3, -0.25) is 0 Å². The van der Waals surface area contributed by atoms with Gasteiger partial charge in [-0.2, -0.15) is 0 Å². The van der Waals surface area contributed by atoms with E-state index in [-0.39, 0.29) is 0 Å². The third kappa shape index (κ3) is 4.77. The van der Waals surface area contributed by atoms with Gasteiger partial charge in [-0.05, 0) is 25.0 Å². The fraction of sp³-hybridized carbons (Fsp3) is 0.571. The van der Waals surface area contributed by atoms with Crippen LogP contribution in [-0.2, 0) is 6.54 Å². The molecule has 2 nitrogen and oxygen atoms in total. The summed E-state index contributed by atoms with van der Waals surface area (Å²) in [6, 6.07) is 7.19. The second-order valence-electron chi connectivity index (χ2n) is 4.72. The summed E-state index contributed by atoms with van der Waals surface area (Å²) >= 11 is 0. The maximum absolute atomic E-state index is 3.46. The second kappa shape index (κ2) is 6.66. The van der Waals surface area contributed by atoms with E-state index < -0.39 is 0 Å². The zero-order chi connectivity index (χ0) is 12.0. The molecule has 0 spiro atoms. The van der Waals surface area contributed by atoms with E-state index in [1.807, 2.05) is 0 Å². The Balaban J connectivity index is 2.29. The van der Waals surface area contributed by atoms with Gasteiger partial charge in [0.1, 0.15) is 0 Å². The maximum atomic E-state index is 3.46. The number of hydrogen-bond donors (Lipinski definition) is 2. The summed E-state index contributed by atoms with van der Waals surface area (Å²) in [5, 5.41) is 6.86. The topological polar surface area (TPSA) is 24.1 Å². The van der Waals surface area contributed by atoms with Crippen LogP contribution in [0.1, 0.15) is 30.5 Å². The number of rotatable bonds is 6. The summed E-state index contributed by atoms with van der Waals surface area (Å²) in [6.07, 6.45) is 0. The highest BCUT2D eigenvalue weighted by molar-refractivity contribution is 5.30. The highest BCUT2D eigenvalue weighted by Gasteiger charge is 1.98. The van der Waals surface area contributed by atoms with Crippen molar-refractivity contribution in [2.45, 2.75) is 40.3 Å². The van der Waals surface area contributed by atoms with Gasteiger partial charge in [0.15, 0.2) is 0 Å². The smallest absolute Gasteiger partial charge is 0.0208 e. The van der Waals surface area contributed by atoms with E-state index in [1.165, 1.54) is 16.7 Å². The fourth-order valence-corrected chi connectivity index (χ4v) is 1.66. The molecule has 0 saturated heterocycles. The van der Waals surface area contributed by atoms with Crippen LogP contribution in [0.25, 0.3) is 0 Å². The lowest BCUT2D eigenvalue weighted by Crippen LogP contribution is -2.31. The van der Waals surface area contributed by atoms with E-state index in [2.05, 4.69) is 56.5 Å². The van der Waals surface area contributed by atoms with E-state index >= 15 is 0 Å². The highest BCUT2D eigenvalue weighted by Crippen LogP contribution is 2.09. The molecule has 90 valence electrons. The number of aryl methyl sites for hydroxylation is 2. The van der Waals surface area contributed by atoms with Crippen molar-refractivity contribution in [2.75, 3.05) is 13.1 Å². The van der Waals surface area contributed by atoms with Crippen LogP contribution in [0.2, 0.25) is 0 Å². The van der Waals surface area contributed by atoms with E-state index in [4.69, 9.17) is 0 Å². The lowest BCUT2D eigenvalue weighted by atomic mass is 10.1. The molecule has 0 radical (unpaired) electrons. The van der Waals surface area contributed by atoms with Crippen LogP contribution in [0.4, 0.5) is 0 Å². The molecule has 0 heterocycles. The summed E-state index contributed by atoms with van der Waals surface area (Å²) in [5.41, 5.74) is 4.11. The second-order valence-corrected chi connectivity index (χ2v) is 4.72. The molecule has 0 aliphatic rings. The van der Waals surface area contributed by atoms with E-state index in [1.54, 1.807) is 0 Å². The average Bonchev–Trinajstić information content (AvgIpc) is 2.22. The van der Waals surface area contributed by atoms with Gasteiger partial charge >= 0.3 is 0 Å². The first kappa shape index (κ1) is 13.2. The molecule has 0 aromatic heterocycles. The molecule has 16 heavy (non-hydrogen) atoms. The summed E-state index contributed by atoms with van der Waals surface area (Å²) < 4.78 is 0. The van der Waals surface area contributed by atoms with Crippen LogP contribution in [-0.4, -0.2) is 19.1 Å². The number of hydrogen-bond acceptors (Lipinski definition) is 2. The van der Waals surface area contributed by atoms with Crippen molar-refractivity contribution in [3.63, 3.8) is 0 Å². The van der Waals surface area contributed by atoms with Crippen molar-refractivity contribution in [2.24, 2.45) is 0 Å². The van der Waals surface area contributed by atoms with Crippen LogP contribution >= 0.6 is 0 Å². The molecule has 0 saturated carbocycles. The molecule has 0 atom stereocenters. The fourth-order valence-electron chi connectivity index (χ4n) is 1.66. The zero-order valence-corrected chi connectivity index (χ0v) is 10.9. The normalized spacial score (nSPS) is 11.1. The van der Waals surface area contributed by atoms with Crippen molar-refractivity contribution in [3.05, 3.63) is 34.9 Å². The Morgan fingerprint density at radius 1 is 1.12 bits per heavy atom. The van der Waals surface area contributed by atoms with E-state index in [0.29, 0.717) is 6.04 Å². The van der Waals surface area contributed by atoms with E-state index in [0.717, 1.165) is 19.6 Å². The van der Waals surface area contributed by atoms with Crippen LogP contribution in [0.3, 0.4) is 0 Å². The van der Waals surface area contributed by atoms with Crippen molar-refractivity contribution < 1.29 is 0 Å². The van der Waals surface area contributed by atoms with Crippen LogP contribution < -0.4 is 10.6 Å². The Bertz CT molecular complexity index is 319. The summed E-state index contributed by atoms with van der Waals surface area (Å²) in [7, 11) is 0. The Morgan fingerprint density at radius 2 is 1.88 bits per heavy atom. The van der Waals surface area contributed by atoms with Crippen LogP contribution in [0, 0.1) is 13.8 Å². The largest absolute Gasteiger partial charge is 0.313 e. The van der Waals surface area contributed by atoms with Gasteiger partial charge in [0.2, 0.25) is 0 Å². The molecule has 0 bridgehead atoms. The lowest BCUT2D eigenvalue weighted by Gasteiger charge is -2.11. The van der Waals surface area contributed by atoms with E-state index in [9.17, 15) is 0 Å². The van der Waals surface area contributed by atoms with Gasteiger partial charge < -0.3 is 10.6 Å². The molecule has 0 aliphatic carbocycles. The number of nitrogens with one attached hydrogen (secondary N) is 2. The Labute approximate surface area is 99.5 Å². The van der Waals surface area contributed by atoms with Gasteiger partial charge in [0.25, 0.3) is 0 Å². The molecular weight excluding hydrogens is 196 g/mol. The molecule has 1 aromatic carbocycles. The summed E-state index contributed by atoms with van der Waals surface area (Å²) in [6.45, 7) is 11.7. The van der Waals surface area contributed by atoms with Crippen molar-refractivity contribution in [1.82, 2.24) is 10.6 Å². The molecule has 0 amide bonds. The van der Waals surface area contributed by atoms with Crippen molar-refractivity contribution in [1.29, 1.82) is 0 Å². The van der Waals surface area contributed by atoms with Crippen LogP contribution in [0.5, 0.6) is 0 Å². The SMILES string of the molecule is Cc1ccc(C)c(CNCCNC(C)C)c1. The molecule has 2 heteroatoms.